The van der Waals surface area contributed by atoms with Gasteiger partial charge in [-0.25, -0.2) is 0 Å². The summed E-state index contributed by atoms with van der Waals surface area (Å²) >= 11 is 3.16. The van der Waals surface area contributed by atoms with E-state index in [2.05, 4.69) is 15.9 Å². The molecule has 1 rings (SSSR count). The molecule has 1 aromatic rings. The Balaban J connectivity index is 3.46. The molecular formula is C9H11BrO3S. The third-order valence-corrected chi connectivity index (χ3v) is 3.28. The van der Waals surface area contributed by atoms with E-state index in [9.17, 15) is 8.42 Å². The third-order valence-electron chi connectivity index (χ3n) is 1.88. The fourth-order valence-electron chi connectivity index (χ4n) is 1.21. The molecule has 0 bridgehead atoms. The molecule has 0 saturated heterocycles. The molecule has 0 aliphatic heterocycles. The lowest BCUT2D eigenvalue weighted by atomic mass is 10.0. The van der Waals surface area contributed by atoms with Gasteiger partial charge in [0.05, 0.1) is 4.90 Å². The molecular weight excluding hydrogens is 268 g/mol. The SMILES string of the molecule is CC(C)c1ccc(Br)cc1S(=O)(=O)O. The highest BCUT2D eigenvalue weighted by molar-refractivity contribution is 9.10. The van der Waals surface area contributed by atoms with Crippen LogP contribution in [0.5, 0.6) is 0 Å². The second kappa shape index (κ2) is 4.00. The van der Waals surface area contributed by atoms with E-state index >= 15 is 0 Å². The zero-order valence-corrected chi connectivity index (χ0v) is 10.3. The van der Waals surface area contributed by atoms with Gasteiger partial charge in [0.2, 0.25) is 0 Å². The van der Waals surface area contributed by atoms with Crippen LogP contribution in [0, 0.1) is 0 Å². The van der Waals surface area contributed by atoms with Gasteiger partial charge in [0.1, 0.15) is 0 Å². The molecule has 0 aromatic heterocycles. The van der Waals surface area contributed by atoms with Gasteiger partial charge in [-0.1, -0.05) is 35.8 Å². The van der Waals surface area contributed by atoms with Gasteiger partial charge in [0.15, 0.2) is 0 Å². The highest BCUT2D eigenvalue weighted by atomic mass is 79.9. The van der Waals surface area contributed by atoms with Gasteiger partial charge in [-0.3, -0.25) is 4.55 Å². The lowest BCUT2D eigenvalue weighted by Crippen LogP contribution is -2.04. The maximum absolute atomic E-state index is 11.0. The van der Waals surface area contributed by atoms with Crippen LogP contribution in [-0.2, 0) is 10.1 Å². The van der Waals surface area contributed by atoms with Gasteiger partial charge < -0.3 is 0 Å². The highest BCUT2D eigenvalue weighted by Crippen LogP contribution is 2.26. The largest absolute Gasteiger partial charge is 0.294 e. The van der Waals surface area contributed by atoms with Crippen LogP contribution in [0.2, 0.25) is 0 Å². The van der Waals surface area contributed by atoms with Crippen LogP contribution in [0.1, 0.15) is 25.3 Å². The summed E-state index contributed by atoms with van der Waals surface area (Å²) < 4.78 is 31.7. The second-order valence-electron chi connectivity index (χ2n) is 3.31. The Labute approximate surface area is 92.0 Å². The third kappa shape index (κ3) is 2.56. The minimum atomic E-state index is -4.13. The van der Waals surface area contributed by atoms with Crippen molar-refractivity contribution < 1.29 is 13.0 Å². The predicted molar refractivity (Wildman–Crippen MR) is 58.0 cm³/mol. The average molecular weight is 279 g/mol. The van der Waals surface area contributed by atoms with Crippen molar-refractivity contribution in [1.29, 1.82) is 0 Å². The molecule has 0 fully saturated rings. The molecule has 0 heterocycles. The summed E-state index contributed by atoms with van der Waals surface area (Å²) in [5, 5.41) is 0. The summed E-state index contributed by atoms with van der Waals surface area (Å²) in [6.07, 6.45) is 0. The first-order chi connectivity index (χ1) is 6.32. The highest BCUT2D eigenvalue weighted by Gasteiger charge is 2.17. The zero-order chi connectivity index (χ0) is 10.9. The molecule has 0 aliphatic carbocycles. The van der Waals surface area contributed by atoms with Gasteiger partial charge in [-0.2, -0.15) is 8.42 Å². The molecule has 5 heteroatoms. The van der Waals surface area contributed by atoms with Crippen molar-refractivity contribution in [2.75, 3.05) is 0 Å². The normalized spacial score (nSPS) is 12.1. The lowest BCUT2D eigenvalue weighted by molar-refractivity contribution is 0.481. The van der Waals surface area contributed by atoms with Gasteiger partial charge in [-0.05, 0) is 23.6 Å². The lowest BCUT2D eigenvalue weighted by Gasteiger charge is -2.10. The Morgan fingerprint density at radius 2 is 1.93 bits per heavy atom. The van der Waals surface area contributed by atoms with Gasteiger partial charge >= 0.3 is 0 Å². The van der Waals surface area contributed by atoms with Gasteiger partial charge in [-0.15, -0.1) is 0 Å². The number of hydrogen-bond donors (Lipinski definition) is 1. The second-order valence-corrected chi connectivity index (χ2v) is 5.62. The molecule has 3 nitrogen and oxygen atoms in total. The fourth-order valence-corrected chi connectivity index (χ4v) is 2.60. The quantitative estimate of drug-likeness (QED) is 0.847. The Kier molecular flexibility index (Phi) is 3.34. The van der Waals surface area contributed by atoms with Crippen molar-refractivity contribution in [2.24, 2.45) is 0 Å². The maximum atomic E-state index is 11.0. The molecule has 0 amide bonds. The number of hydrogen-bond acceptors (Lipinski definition) is 2. The summed E-state index contributed by atoms with van der Waals surface area (Å²) in [5.41, 5.74) is 0.621. The molecule has 0 aliphatic rings. The predicted octanol–water partition coefficient (Wildman–Crippen LogP) is 2.82. The Hall–Kier alpha value is -0.390. The van der Waals surface area contributed by atoms with Crippen molar-refractivity contribution in [1.82, 2.24) is 0 Å². The minimum Gasteiger partial charge on any atom is -0.282 e. The summed E-state index contributed by atoms with van der Waals surface area (Å²) in [7, 11) is -4.13. The van der Waals surface area contributed by atoms with E-state index in [1.165, 1.54) is 6.07 Å². The molecule has 78 valence electrons. The van der Waals surface area contributed by atoms with Crippen LogP contribution in [0.3, 0.4) is 0 Å². The monoisotopic (exact) mass is 278 g/mol. The summed E-state index contributed by atoms with van der Waals surface area (Å²) in [6.45, 7) is 3.75. The molecule has 0 spiro atoms. The molecule has 0 unspecified atom stereocenters. The minimum absolute atomic E-state index is 0.0260. The van der Waals surface area contributed by atoms with Gasteiger partial charge in [0, 0.05) is 4.47 Å². The van der Waals surface area contributed by atoms with E-state index in [0.29, 0.717) is 10.0 Å². The molecule has 1 aromatic carbocycles. The Morgan fingerprint density at radius 3 is 2.36 bits per heavy atom. The first-order valence-corrected chi connectivity index (χ1v) is 6.32. The van der Waals surface area contributed by atoms with E-state index in [4.69, 9.17) is 4.55 Å². The number of rotatable bonds is 2. The van der Waals surface area contributed by atoms with Crippen LogP contribution < -0.4 is 0 Å². The molecule has 1 N–H and O–H groups in total. The Bertz CT molecular complexity index is 437. The van der Waals surface area contributed by atoms with E-state index in [-0.39, 0.29) is 10.8 Å². The van der Waals surface area contributed by atoms with E-state index in [1.807, 2.05) is 13.8 Å². The van der Waals surface area contributed by atoms with Crippen molar-refractivity contribution in [3.8, 4) is 0 Å². The van der Waals surface area contributed by atoms with Crippen LogP contribution in [0.15, 0.2) is 27.6 Å². The van der Waals surface area contributed by atoms with E-state index in [0.717, 1.165) is 0 Å². The van der Waals surface area contributed by atoms with Crippen LogP contribution in [0.25, 0.3) is 0 Å². The van der Waals surface area contributed by atoms with E-state index < -0.39 is 10.1 Å². The topological polar surface area (TPSA) is 54.4 Å². The van der Waals surface area contributed by atoms with Crippen molar-refractivity contribution >= 4 is 26.0 Å². The maximum Gasteiger partial charge on any atom is 0.294 e. The van der Waals surface area contributed by atoms with Crippen LogP contribution >= 0.6 is 15.9 Å². The average Bonchev–Trinajstić information content (AvgIpc) is 2.01. The number of benzene rings is 1. The number of halogens is 1. The summed E-state index contributed by atoms with van der Waals surface area (Å²) in [5.74, 6) is 0.0556. The summed E-state index contributed by atoms with van der Waals surface area (Å²) in [6, 6.07) is 4.85. The van der Waals surface area contributed by atoms with Crippen LogP contribution in [0.4, 0.5) is 0 Å². The first-order valence-electron chi connectivity index (χ1n) is 4.09. The summed E-state index contributed by atoms with van der Waals surface area (Å²) in [4.78, 5) is -0.0260. The molecule has 0 atom stereocenters. The van der Waals surface area contributed by atoms with Crippen molar-refractivity contribution in [3.63, 3.8) is 0 Å². The van der Waals surface area contributed by atoms with Crippen LogP contribution in [-0.4, -0.2) is 13.0 Å². The Morgan fingerprint density at radius 1 is 1.36 bits per heavy atom. The van der Waals surface area contributed by atoms with E-state index in [1.54, 1.807) is 12.1 Å². The fraction of sp³-hybridized carbons (Fsp3) is 0.333. The zero-order valence-electron chi connectivity index (χ0n) is 7.86. The van der Waals surface area contributed by atoms with Crippen molar-refractivity contribution in [3.05, 3.63) is 28.2 Å². The van der Waals surface area contributed by atoms with Crippen molar-refractivity contribution in [2.45, 2.75) is 24.7 Å². The standard InChI is InChI=1S/C9H11BrO3S/c1-6(2)8-4-3-7(10)5-9(8)14(11,12)13/h3-6H,1-2H3,(H,11,12,13). The molecule has 0 radical (unpaired) electrons. The molecule has 14 heavy (non-hydrogen) atoms. The first kappa shape index (κ1) is 11.7. The smallest absolute Gasteiger partial charge is 0.282 e. The molecule has 0 saturated carbocycles. The van der Waals surface area contributed by atoms with Gasteiger partial charge in [0.25, 0.3) is 10.1 Å².